The minimum atomic E-state index is -1.11. The molecule has 1 aromatic rings. The van der Waals surface area contributed by atoms with E-state index < -0.39 is 12.0 Å². The lowest BCUT2D eigenvalue weighted by Crippen LogP contribution is -2.28. The molecule has 0 heterocycles. The summed E-state index contributed by atoms with van der Waals surface area (Å²) in [5, 5.41) is 13.8. The van der Waals surface area contributed by atoms with E-state index in [1.54, 1.807) is 6.08 Å². The van der Waals surface area contributed by atoms with Gasteiger partial charge in [-0.1, -0.05) is 17.7 Å². The second-order valence-corrected chi connectivity index (χ2v) is 3.53. The number of hydrogen-bond donors (Lipinski definition) is 3. The van der Waals surface area contributed by atoms with Crippen LogP contribution in [0.2, 0.25) is 5.02 Å². The number of carboxylic acids is 1. The number of carbonyl (C=O) groups excluding carboxylic acids is 1. The number of nitrogens with one attached hydrogen (secondary N) is 2. The van der Waals surface area contributed by atoms with Gasteiger partial charge in [0.15, 0.2) is 0 Å². The van der Waals surface area contributed by atoms with E-state index in [0.717, 1.165) is 0 Å². The molecule has 5 nitrogen and oxygen atoms in total. The summed E-state index contributed by atoms with van der Waals surface area (Å²) in [7, 11) is 0. The van der Waals surface area contributed by atoms with Crippen molar-refractivity contribution in [2.45, 2.75) is 0 Å². The molecule has 6 heteroatoms. The fraction of sp³-hybridized carbons (Fsp3) is 0.0909. The Kier molecular flexibility index (Phi) is 4.54. The third-order valence-electron chi connectivity index (χ3n) is 1.86. The minimum Gasteiger partial charge on any atom is -0.478 e. The molecule has 0 aliphatic rings. The zero-order chi connectivity index (χ0) is 12.8. The number of amides is 2. The fourth-order valence-corrected chi connectivity index (χ4v) is 1.37. The number of benzene rings is 1. The van der Waals surface area contributed by atoms with E-state index in [1.165, 1.54) is 18.2 Å². The predicted molar refractivity (Wildman–Crippen MR) is 65.6 cm³/mol. The van der Waals surface area contributed by atoms with Gasteiger partial charge in [-0.25, -0.2) is 9.59 Å². The molecule has 3 N–H and O–H groups in total. The zero-order valence-corrected chi connectivity index (χ0v) is 9.62. The third-order valence-corrected chi connectivity index (χ3v) is 2.18. The number of carbonyl (C=O) groups is 2. The lowest BCUT2D eigenvalue weighted by atomic mass is 10.2. The first-order chi connectivity index (χ1) is 8.04. The molecule has 0 aliphatic heterocycles. The maximum atomic E-state index is 11.3. The topological polar surface area (TPSA) is 78.4 Å². The van der Waals surface area contributed by atoms with Crippen LogP contribution in [0.15, 0.2) is 30.9 Å². The summed E-state index contributed by atoms with van der Waals surface area (Å²) in [5.41, 5.74) is 0.408. The smallest absolute Gasteiger partial charge is 0.337 e. The first-order valence-electron chi connectivity index (χ1n) is 4.73. The molecule has 2 amide bonds. The van der Waals surface area contributed by atoms with Gasteiger partial charge in [-0.3, -0.25) is 0 Å². The van der Waals surface area contributed by atoms with Crippen molar-refractivity contribution in [1.29, 1.82) is 0 Å². The van der Waals surface area contributed by atoms with Crippen LogP contribution in [0.5, 0.6) is 0 Å². The lowest BCUT2D eigenvalue weighted by molar-refractivity contribution is 0.0697. The SMILES string of the molecule is C=CCNC(=O)Nc1ccc(C(=O)O)c(Cl)c1. The predicted octanol–water partition coefficient (Wildman–Crippen LogP) is 2.35. The van der Waals surface area contributed by atoms with Crippen LogP contribution in [-0.4, -0.2) is 23.7 Å². The first kappa shape index (κ1) is 13.1. The van der Waals surface area contributed by atoms with Gasteiger partial charge in [0.25, 0.3) is 0 Å². The van der Waals surface area contributed by atoms with E-state index in [1.807, 2.05) is 0 Å². The van der Waals surface area contributed by atoms with Gasteiger partial charge in [0, 0.05) is 12.2 Å². The Morgan fingerprint density at radius 2 is 2.18 bits per heavy atom. The van der Waals surface area contributed by atoms with Crippen molar-refractivity contribution in [3.63, 3.8) is 0 Å². The molecule has 0 spiro atoms. The standard InChI is InChI=1S/C11H11ClN2O3/c1-2-5-13-11(17)14-7-3-4-8(10(15)16)9(12)6-7/h2-4,6H,1,5H2,(H,15,16)(H2,13,14,17). The molecule has 0 radical (unpaired) electrons. The molecule has 0 bridgehead atoms. The molecule has 0 unspecified atom stereocenters. The van der Waals surface area contributed by atoms with Crippen LogP contribution in [0.25, 0.3) is 0 Å². The van der Waals surface area contributed by atoms with Crippen molar-refractivity contribution in [3.8, 4) is 0 Å². The van der Waals surface area contributed by atoms with Crippen LogP contribution in [0.3, 0.4) is 0 Å². The summed E-state index contributed by atoms with van der Waals surface area (Å²) in [6.07, 6.45) is 1.54. The summed E-state index contributed by atoms with van der Waals surface area (Å²) in [6, 6.07) is 3.75. The van der Waals surface area contributed by atoms with E-state index in [-0.39, 0.29) is 10.6 Å². The molecule has 0 aromatic heterocycles. The van der Waals surface area contributed by atoms with E-state index in [9.17, 15) is 9.59 Å². The Morgan fingerprint density at radius 3 is 2.71 bits per heavy atom. The summed E-state index contributed by atoms with van der Waals surface area (Å²) in [4.78, 5) is 22.0. The van der Waals surface area contributed by atoms with Crippen LogP contribution in [0.4, 0.5) is 10.5 Å². The van der Waals surface area contributed by atoms with Crippen LogP contribution in [0, 0.1) is 0 Å². The van der Waals surface area contributed by atoms with Crippen LogP contribution >= 0.6 is 11.6 Å². The van der Waals surface area contributed by atoms with Gasteiger partial charge in [0.1, 0.15) is 0 Å². The summed E-state index contributed by atoms with van der Waals surface area (Å²) in [6.45, 7) is 3.80. The average molecular weight is 255 g/mol. The highest BCUT2D eigenvalue weighted by atomic mass is 35.5. The maximum Gasteiger partial charge on any atom is 0.337 e. The number of hydrogen-bond acceptors (Lipinski definition) is 2. The van der Waals surface area contributed by atoms with Gasteiger partial charge in [0.2, 0.25) is 0 Å². The van der Waals surface area contributed by atoms with Crippen molar-refractivity contribution >= 4 is 29.3 Å². The third kappa shape index (κ3) is 3.81. The minimum absolute atomic E-state index is 0.0104. The van der Waals surface area contributed by atoms with Crippen molar-refractivity contribution < 1.29 is 14.7 Å². The van der Waals surface area contributed by atoms with Crippen molar-refractivity contribution in [3.05, 3.63) is 41.4 Å². The van der Waals surface area contributed by atoms with Crippen molar-refractivity contribution in [2.24, 2.45) is 0 Å². The Morgan fingerprint density at radius 1 is 1.47 bits per heavy atom. The number of halogens is 1. The molecule has 0 saturated heterocycles. The van der Waals surface area contributed by atoms with Gasteiger partial charge in [-0.05, 0) is 18.2 Å². The fourth-order valence-electron chi connectivity index (χ4n) is 1.11. The van der Waals surface area contributed by atoms with Crippen molar-refractivity contribution in [1.82, 2.24) is 5.32 Å². The quantitative estimate of drug-likeness (QED) is 0.722. The Labute approximate surface area is 103 Å². The molecule has 90 valence electrons. The normalized spacial score (nSPS) is 9.47. The van der Waals surface area contributed by atoms with E-state index in [0.29, 0.717) is 12.2 Å². The monoisotopic (exact) mass is 254 g/mol. The molecular formula is C11H11ClN2O3. The number of aromatic carboxylic acids is 1. The summed E-state index contributed by atoms with van der Waals surface area (Å²) in [5.74, 6) is -1.11. The summed E-state index contributed by atoms with van der Waals surface area (Å²) < 4.78 is 0. The largest absolute Gasteiger partial charge is 0.478 e. The van der Waals surface area contributed by atoms with Crippen LogP contribution < -0.4 is 10.6 Å². The van der Waals surface area contributed by atoms with Gasteiger partial charge in [0.05, 0.1) is 10.6 Å². The van der Waals surface area contributed by atoms with E-state index >= 15 is 0 Å². The summed E-state index contributed by atoms with van der Waals surface area (Å²) >= 11 is 5.74. The molecule has 0 aliphatic carbocycles. The number of urea groups is 1. The Hall–Kier alpha value is -2.01. The Bertz CT molecular complexity index is 460. The zero-order valence-electron chi connectivity index (χ0n) is 8.87. The molecule has 1 aromatic carbocycles. The number of carboxylic acid groups (broad SMARTS) is 1. The first-order valence-corrected chi connectivity index (χ1v) is 5.11. The number of anilines is 1. The molecule has 0 atom stereocenters. The number of rotatable bonds is 4. The van der Waals surface area contributed by atoms with E-state index in [2.05, 4.69) is 17.2 Å². The van der Waals surface area contributed by atoms with E-state index in [4.69, 9.17) is 16.7 Å². The Balaban J connectivity index is 2.74. The van der Waals surface area contributed by atoms with Crippen molar-refractivity contribution in [2.75, 3.05) is 11.9 Å². The molecule has 0 saturated carbocycles. The molecule has 0 fully saturated rings. The highest BCUT2D eigenvalue weighted by Gasteiger charge is 2.09. The second kappa shape index (κ2) is 5.91. The second-order valence-electron chi connectivity index (χ2n) is 3.12. The van der Waals surface area contributed by atoms with Crippen LogP contribution in [0.1, 0.15) is 10.4 Å². The van der Waals surface area contributed by atoms with Gasteiger partial charge in [-0.2, -0.15) is 0 Å². The van der Waals surface area contributed by atoms with Gasteiger partial charge < -0.3 is 15.7 Å². The molecule has 1 rings (SSSR count). The maximum absolute atomic E-state index is 11.3. The average Bonchev–Trinajstić information content (AvgIpc) is 2.26. The van der Waals surface area contributed by atoms with Crippen LogP contribution in [-0.2, 0) is 0 Å². The lowest BCUT2D eigenvalue weighted by Gasteiger charge is -2.07. The molecular weight excluding hydrogens is 244 g/mol. The highest BCUT2D eigenvalue weighted by Crippen LogP contribution is 2.20. The molecule has 17 heavy (non-hydrogen) atoms. The van der Waals surface area contributed by atoms with Gasteiger partial charge in [-0.15, -0.1) is 6.58 Å². The highest BCUT2D eigenvalue weighted by molar-refractivity contribution is 6.33. The van der Waals surface area contributed by atoms with Gasteiger partial charge >= 0.3 is 12.0 Å².